The number of aliphatic hydroxyl groups excluding tert-OH is 1. The first-order valence-electron chi connectivity index (χ1n) is 11.4. The largest absolute Gasteiger partial charge is 0.493 e. The van der Waals surface area contributed by atoms with Gasteiger partial charge in [-0.15, -0.1) is 0 Å². The molecule has 176 valence electrons. The number of hydrogen-bond acceptors (Lipinski definition) is 6. The van der Waals surface area contributed by atoms with Gasteiger partial charge in [0.05, 0.1) is 26.3 Å². The number of anilines is 1. The van der Waals surface area contributed by atoms with Crippen LogP contribution in [0.2, 0.25) is 0 Å². The number of hydrogen-bond donors (Lipinski definition) is 1. The van der Waals surface area contributed by atoms with Gasteiger partial charge < -0.3 is 24.4 Å². The predicted octanol–water partition coefficient (Wildman–Crippen LogP) is 3.25. The lowest BCUT2D eigenvalue weighted by molar-refractivity contribution is -0.117. The minimum absolute atomic E-state index is 0.00407. The van der Waals surface area contributed by atoms with Crippen molar-refractivity contribution < 1.29 is 19.4 Å². The highest BCUT2D eigenvalue weighted by Gasteiger charge is 2.47. The first-order chi connectivity index (χ1) is 15.8. The number of aromatic nitrogens is 1. The average Bonchev–Trinajstić information content (AvgIpc) is 3.14. The Morgan fingerprint density at radius 2 is 2.00 bits per heavy atom. The number of aryl methyl sites for hydroxylation is 1. The van der Waals surface area contributed by atoms with E-state index >= 15 is 0 Å². The maximum Gasteiger partial charge on any atom is 0.209 e. The van der Waals surface area contributed by atoms with Gasteiger partial charge in [0, 0.05) is 30.1 Å². The highest BCUT2D eigenvalue weighted by Crippen LogP contribution is 2.46. The van der Waals surface area contributed by atoms with Crippen LogP contribution in [0.25, 0.3) is 6.08 Å². The molecule has 1 amide bonds. The van der Waals surface area contributed by atoms with E-state index in [1.807, 2.05) is 50.3 Å². The van der Waals surface area contributed by atoms with E-state index in [1.54, 1.807) is 18.9 Å². The molecule has 33 heavy (non-hydrogen) atoms. The van der Waals surface area contributed by atoms with Crippen LogP contribution in [0, 0.1) is 12.3 Å². The van der Waals surface area contributed by atoms with Crippen molar-refractivity contribution in [1.29, 1.82) is 0 Å². The van der Waals surface area contributed by atoms with Gasteiger partial charge in [0.2, 0.25) is 6.41 Å². The molecular formula is C26H33N3O4. The van der Waals surface area contributed by atoms with Crippen LogP contribution in [0.1, 0.15) is 36.6 Å². The first kappa shape index (κ1) is 23.1. The lowest BCUT2D eigenvalue weighted by atomic mass is 9.72. The predicted molar refractivity (Wildman–Crippen MR) is 129 cm³/mol. The summed E-state index contributed by atoms with van der Waals surface area (Å²) >= 11 is 0. The zero-order chi connectivity index (χ0) is 23.8. The number of benzene rings is 1. The fourth-order valence-electron chi connectivity index (χ4n) is 4.88. The van der Waals surface area contributed by atoms with E-state index in [9.17, 15) is 9.90 Å². The van der Waals surface area contributed by atoms with Gasteiger partial charge in [-0.25, -0.2) is 4.98 Å². The highest BCUT2D eigenvalue weighted by molar-refractivity contribution is 5.55. The number of pyridine rings is 1. The third kappa shape index (κ3) is 4.29. The minimum Gasteiger partial charge on any atom is -0.493 e. The number of likely N-dealkylation sites (tertiary alicyclic amines) is 1. The molecule has 2 aliphatic heterocycles. The van der Waals surface area contributed by atoms with Crippen molar-refractivity contribution in [2.45, 2.75) is 38.9 Å². The standard InChI is InChI=1S/C26H33N3O4/c1-6-19-8-10-25(27-17(19)2)29-12-21(13-29)33-24-11-20(7-9-23(24)32-5)22-14-28(16-30)15-26(22,4)18(3)31/h6-11,16,18,21-22,31H,1,12-15H2,2-5H3/t18?,22-,26-/m0/s1. The Hall–Kier alpha value is -3.06. The number of ether oxygens (including phenoxy) is 2. The van der Waals surface area contributed by atoms with E-state index in [1.165, 1.54) is 0 Å². The molecule has 3 atom stereocenters. The van der Waals surface area contributed by atoms with Crippen LogP contribution in [-0.2, 0) is 4.79 Å². The normalized spacial score (nSPS) is 23.7. The van der Waals surface area contributed by atoms with Crippen molar-refractivity contribution >= 4 is 18.3 Å². The Balaban J connectivity index is 1.50. The molecule has 3 heterocycles. The third-order valence-corrected chi connectivity index (χ3v) is 7.25. The smallest absolute Gasteiger partial charge is 0.209 e. The van der Waals surface area contributed by atoms with Crippen molar-refractivity contribution in [1.82, 2.24) is 9.88 Å². The second-order valence-corrected chi connectivity index (χ2v) is 9.37. The molecule has 7 nitrogen and oxygen atoms in total. The van der Waals surface area contributed by atoms with Gasteiger partial charge in [0.15, 0.2) is 11.5 Å². The number of carbonyl (C=O) groups is 1. The average molecular weight is 452 g/mol. The number of rotatable bonds is 8. The molecule has 2 saturated heterocycles. The zero-order valence-electron chi connectivity index (χ0n) is 19.8. The molecule has 1 unspecified atom stereocenters. The van der Waals surface area contributed by atoms with Crippen LogP contribution in [0.4, 0.5) is 5.82 Å². The van der Waals surface area contributed by atoms with Crippen molar-refractivity contribution in [3.63, 3.8) is 0 Å². The molecule has 2 aliphatic rings. The fourth-order valence-corrected chi connectivity index (χ4v) is 4.88. The van der Waals surface area contributed by atoms with E-state index in [-0.39, 0.29) is 12.0 Å². The molecule has 4 rings (SSSR count). The number of methoxy groups -OCH3 is 1. The summed E-state index contributed by atoms with van der Waals surface area (Å²) in [5.74, 6) is 2.30. The summed E-state index contributed by atoms with van der Waals surface area (Å²) in [5.41, 5.74) is 2.61. The van der Waals surface area contributed by atoms with Gasteiger partial charge in [-0.05, 0) is 49.2 Å². The van der Waals surface area contributed by atoms with Crippen LogP contribution < -0.4 is 14.4 Å². The monoisotopic (exact) mass is 451 g/mol. The SMILES string of the molecule is C=Cc1ccc(N2CC(Oc3cc([C@@H]4CN(C=O)C[C@@]4(C)C(C)O)ccc3OC)C2)nc1C. The van der Waals surface area contributed by atoms with Gasteiger partial charge in [-0.1, -0.05) is 25.6 Å². The van der Waals surface area contributed by atoms with Crippen molar-refractivity contribution in [3.8, 4) is 11.5 Å². The third-order valence-electron chi connectivity index (χ3n) is 7.25. The molecule has 1 aromatic heterocycles. The molecule has 0 bridgehead atoms. The number of nitrogens with zero attached hydrogens (tertiary/aromatic N) is 3. The molecule has 1 aromatic carbocycles. The van der Waals surface area contributed by atoms with Crippen LogP contribution in [-0.4, -0.2) is 66.9 Å². The summed E-state index contributed by atoms with van der Waals surface area (Å²) < 4.78 is 11.9. The Kier molecular flexibility index (Phi) is 6.34. The van der Waals surface area contributed by atoms with Gasteiger partial charge in [-0.2, -0.15) is 0 Å². The van der Waals surface area contributed by atoms with E-state index in [2.05, 4.69) is 16.5 Å². The topological polar surface area (TPSA) is 75.1 Å². The number of aliphatic hydroxyl groups is 1. The van der Waals surface area contributed by atoms with Gasteiger partial charge >= 0.3 is 0 Å². The highest BCUT2D eigenvalue weighted by atomic mass is 16.5. The van der Waals surface area contributed by atoms with Crippen LogP contribution in [0.5, 0.6) is 11.5 Å². The molecule has 0 spiro atoms. The van der Waals surface area contributed by atoms with Crippen molar-refractivity contribution in [2.75, 3.05) is 38.2 Å². The Labute approximate surface area is 195 Å². The Morgan fingerprint density at radius 3 is 2.61 bits per heavy atom. The van der Waals surface area contributed by atoms with E-state index < -0.39 is 11.5 Å². The minimum atomic E-state index is -0.553. The van der Waals surface area contributed by atoms with Crippen LogP contribution in [0.3, 0.4) is 0 Å². The summed E-state index contributed by atoms with van der Waals surface area (Å²) in [4.78, 5) is 20.0. The van der Waals surface area contributed by atoms with E-state index in [4.69, 9.17) is 9.47 Å². The lowest BCUT2D eigenvalue weighted by Gasteiger charge is -2.40. The molecule has 2 aromatic rings. The molecule has 2 fully saturated rings. The molecule has 1 N–H and O–H groups in total. The molecular weight excluding hydrogens is 418 g/mol. The maximum absolute atomic E-state index is 11.4. The summed E-state index contributed by atoms with van der Waals surface area (Å²) in [6.45, 7) is 12.2. The summed E-state index contributed by atoms with van der Waals surface area (Å²) in [6.07, 6.45) is 2.15. The van der Waals surface area contributed by atoms with E-state index in [0.717, 1.165) is 42.1 Å². The summed E-state index contributed by atoms with van der Waals surface area (Å²) in [5, 5.41) is 10.5. The van der Waals surface area contributed by atoms with E-state index in [0.29, 0.717) is 24.6 Å². The molecule has 7 heteroatoms. The number of carbonyl (C=O) groups excluding carboxylic acids is 1. The zero-order valence-corrected chi connectivity index (χ0v) is 19.8. The Bertz CT molecular complexity index is 1030. The van der Waals surface area contributed by atoms with Crippen LogP contribution >= 0.6 is 0 Å². The fraction of sp³-hybridized carbons (Fsp3) is 0.462. The number of amides is 1. The second-order valence-electron chi connectivity index (χ2n) is 9.37. The van der Waals surface area contributed by atoms with Gasteiger partial charge in [0.1, 0.15) is 11.9 Å². The second kappa shape index (κ2) is 9.06. The molecule has 0 saturated carbocycles. The first-order valence-corrected chi connectivity index (χ1v) is 11.4. The van der Waals surface area contributed by atoms with Gasteiger partial charge in [-0.3, -0.25) is 4.79 Å². The summed E-state index contributed by atoms with van der Waals surface area (Å²) in [6, 6.07) is 9.96. The molecule has 0 radical (unpaired) electrons. The maximum atomic E-state index is 11.4. The van der Waals surface area contributed by atoms with Gasteiger partial charge in [0.25, 0.3) is 0 Å². The molecule has 0 aliphatic carbocycles. The quantitative estimate of drug-likeness (QED) is 0.621. The lowest BCUT2D eigenvalue weighted by Crippen LogP contribution is -2.54. The summed E-state index contributed by atoms with van der Waals surface area (Å²) in [7, 11) is 1.63. The van der Waals surface area contributed by atoms with Crippen molar-refractivity contribution in [3.05, 3.63) is 53.7 Å². The Morgan fingerprint density at radius 1 is 1.24 bits per heavy atom. The van der Waals surface area contributed by atoms with Crippen molar-refractivity contribution in [2.24, 2.45) is 5.41 Å². The van der Waals surface area contributed by atoms with Crippen LogP contribution in [0.15, 0.2) is 36.9 Å².